The van der Waals surface area contributed by atoms with Crippen molar-refractivity contribution < 1.29 is 0 Å². The molecule has 84 valence electrons. The number of rotatable bonds is 3. The van der Waals surface area contributed by atoms with Gasteiger partial charge < -0.3 is 5.73 Å². The Bertz CT molecular complexity index is 497. The van der Waals surface area contributed by atoms with E-state index in [2.05, 4.69) is 10.1 Å². The molecule has 0 amide bonds. The van der Waals surface area contributed by atoms with E-state index >= 15 is 0 Å². The summed E-state index contributed by atoms with van der Waals surface area (Å²) < 4.78 is 1.74. The van der Waals surface area contributed by atoms with Gasteiger partial charge in [0, 0.05) is 26.0 Å². The van der Waals surface area contributed by atoms with Gasteiger partial charge >= 0.3 is 0 Å². The molecule has 0 atom stereocenters. The molecule has 0 bridgehead atoms. The first kappa shape index (κ1) is 11.4. The van der Waals surface area contributed by atoms with E-state index in [1.165, 1.54) is 11.8 Å². The van der Waals surface area contributed by atoms with Crippen molar-refractivity contribution in [2.75, 3.05) is 0 Å². The van der Waals surface area contributed by atoms with E-state index in [-0.39, 0.29) is 0 Å². The number of hydrogen-bond acceptors (Lipinski definition) is 4. The summed E-state index contributed by atoms with van der Waals surface area (Å²) in [6.07, 6.45) is 5.41. The molecule has 6 heteroatoms. The molecule has 0 saturated carbocycles. The molecule has 2 N–H and O–H groups in total. The van der Waals surface area contributed by atoms with Gasteiger partial charge in [0.25, 0.3) is 0 Å². The van der Waals surface area contributed by atoms with Crippen molar-refractivity contribution in [3.63, 3.8) is 0 Å². The Morgan fingerprint density at radius 3 is 3.00 bits per heavy atom. The Morgan fingerprint density at radius 1 is 1.56 bits per heavy atom. The van der Waals surface area contributed by atoms with Crippen LogP contribution in [0.15, 0.2) is 34.6 Å². The molecular weight excluding hydrogens is 244 g/mol. The molecule has 4 nitrogen and oxygen atoms in total. The Balaban J connectivity index is 2.28. The third-order valence-electron chi connectivity index (χ3n) is 2.05. The number of nitrogens with zero attached hydrogens (tertiary/aromatic N) is 3. The molecular formula is C10H11ClN4S. The van der Waals surface area contributed by atoms with Crippen LogP contribution in [0.3, 0.4) is 0 Å². The van der Waals surface area contributed by atoms with Gasteiger partial charge in [-0.25, -0.2) is 4.98 Å². The van der Waals surface area contributed by atoms with E-state index in [0.29, 0.717) is 11.6 Å². The number of halogens is 1. The highest BCUT2D eigenvalue weighted by Crippen LogP contribution is 2.32. The highest BCUT2D eigenvalue weighted by atomic mass is 35.5. The molecule has 0 aliphatic carbocycles. The lowest BCUT2D eigenvalue weighted by Gasteiger charge is -2.04. The maximum Gasteiger partial charge on any atom is 0.120 e. The summed E-state index contributed by atoms with van der Waals surface area (Å²) >= 11 is 7.66. The highest BCUT2D eigenvalue weighted by molar-refractivity contribution is 7.99. The maximum atomic E-state index is 6.18. The minimum Gasteiger partial charge on any atom is -0.326 e. The molecule has 2 rings (SSSR count). The second-order valence-corrected chi connectivity index (χ2v) is 4.69. The number of hydrogen-bond donors (Lipinski definition) is 1. The van der Waals surface area contributed by atoms with Crippen LogP contribution in [0.5, 0.6) is 0 Å². The fourth-order valence-corrected chi connectivity index (χ4v) is 2.42. The molecule has 0 unspecified atom stereocenters. The van der Waals surface area contributed by atoms with Crippen molar-refractivity contribution in [3.05, 3.63) is 35.2 Å². The predicted molar refractivity (Wildman–Crippen MR) is 64.5 cm³/mol. The zero-order valence-corrected chi connectivity index (χ0v) is 10.3. The summed E-state index contributed by atoms with van der Waals surface area (Å²) in [6, 6.07) is 1.83. The molecule has 16 heavy (non-hydrogen) atoms. The number of aromatic nitrogens is 3. The second-order valence-electron chi connectivity index (χ2n) is 3.25. The van der Waals surface area contributed by atoms with Crippen LogP contribution in [0, 0.1) is 0 Å². The van der Waals surface area contributed by atoms with Crippen LogP contribution in [0.4, 0.5) is 0 Å². The zero-order valence-electron chi connectivity index (χ0n) is 8.72. The Morgan fingerprint density at radius 2 is 2.38 bits per heavy atom. The predicted octanol–water partition coefficient (Wildman–Crippen LogP) is 2.08. The van der Waals surface area contributed by atoms with Crippen molar-refractivity contribution in [3.8, 4) is 0 Å². The van der Waals surface area contributed by atoms with Crippen LogP contribution in [-0.4, -0.2) is 14.8 Å². The SMILES string of the molecule is Cn1cc(Sc2nccc(CN)c2Cl)cn1. The first-order valence-electron chi connectivity index (χ1n) is 4.70. The molecule has 0 aromatic carbocycles. The summed E-state index contributed by atoms with van der Waals surface area (Å²) in [5.74, 6) is 0. The average Bonchev–Trinajstić information content (AvgIpc) is 2.67. The zero-order chi connectivity index (χ0) is 11.5. The van der Waals surface area contributed by atoms with E-state index in [4.69, 9.17) is 17.3 Å². The molecule has 0 radical (unpaired) electrons. The highest BCUT2D eigenvalue weighted by Gasteiger charge is 2.08. The van der Waals surface area contributed by atoms with Crippen molar-refractivity contribution in [1.82, 2.24) is 14.8 Å². The van der Waals surface area contributed by atoms with Crippen LogP contribution in [0.1, 0.15) is 5.56 Å². The van der Waals surface area contributed by atoms with Crippen molar-refractivity contribution in [2.45, 2.75) is 16.5 Å². The van der Waals surface area contributed by atoms with Gasteiger partial charge in [0.05, 0.1) is 16.1 Å². The Labute approximate surface area is 103 Å². The van der Waals surface area contributed by atoms with Gasteiger partial charge in [-0.3, -0.25) is 4.68 Å². The fraction of sp³-hybridized carbons (Fsp3) is 0.200. The largest absolute Gasteiger partial charge is 0.326 e. The first-order chi connectivity index (χ1) is 7.70. The monoisotopic (exact) mass is 254 g/mol. The van der Waals surface area contributed by atoms with Gasteiger partial charge in [-0.1, -0.05) is 23.4 Å². The van der Waals surface area contributed by atoms with Crippen LogP contribution in [-0.2, 0) is 13.6 Å². The molecule has 0 aliphatic heterocycles. The van der Waals surface area contributed by atoms with Crippen molar-refractivity contribution in [1.29, 1.82) is 0 Å². The third-order valence-corrected chi connectivity index (χ3v) is 3.54. The summed E-state index contributed by atoms with van der Waals surface area (Å²) in [6.45, 7) is 0.419. The topological polar surface area (TPSA) is 56.7 Å². The van der Waals surface area contributed by atoms with Gasteiger partial charge in [-0.2, -0.15) is 5.10 Å². The Kier molecular flexibility index (Phi) is 3.48. The van der Waals surface area contributed by atoms with Crippen LogP contribution < -0.4 is 5.73 Å². The van der Waals surface area contributed by atoms with Gasteiger partial charge in [0.1, 0.15) is 5.03 Å². The van der Waals surface area contributed by atoms with Crippen LogP contribution >= 0.6 is 23.4 Å². The summed E-state index contributed by atoms with van der Waals surface area (Å²) in [5.41, 5.74) is 6.48. The maximum absolute atomic E-state index is 6.18. The van der Waals surface area contributed by atoms with Crippen molar-refractivity contribution in [2.24, 2.45) is 12.8 Å². The van der Waals surface area contributed by atoms with Gasteiger partial charge in [0.15, 0.2) is 0 Å². The minimum atomic E-state index is 0.419. The van der Waals surface area contributed by atoms with Crippen LogP contribution in [0.2, 0.25) is 5.02 Å². The van der Waals surface area contributed by atoms with Gasteiger partial charge in [-0.05, 0) is 11.6 Å². The number of pyridine rings is 1. The average molecular weight is 255 g/mol. The molecule has 2 aromatic rings. The quantitative estimate of drug-likeness (QED) is 0.911. The molecule has 0 aliphatic rings. The van der Waals surface area contributed by atoms with E-state index in [1.807, 2.05) is 19.3 Å². The molecule has 2 aromatic heterocycles. The molecule has 0 saturated heterocycles. The summed E-state index contributed by atoms with van der Waals surface area (Å²) in [5, 5.41) is 5.47. The lowest BCUT2D eigenvalue weighted by molar-refractivity contribution is 0.766. The van der Waals surface area contributed by atoms with Gasteiger partial charge in [-0.15, -0.1) is 0 Å². The molecule has 0 fully saturated rings. The summed E-state index contributed by atoms with van der Waals surface area (Å²) in [4.78, 5) is 5.24. The smallest absolute Gasteiger partial charge is 0.120 e. The number of nitrogens with two attached hydrogens (primary N) is 1. The molecule has 2 heterocycles. The fourth-order valence-electron chi connectivity index (χ4n) is 1.25. The summed E-state index contributed by atoms with van der Waals surface area (Å²) in [7, 11) is 1.87. The number of aryl methyl sites for hydroxylation is 1. The van der Waals surface area contributed by atoms with Gasteiger partial charge in [0.2, 0.25) is 0 Å². The lowest BCUT2D eigenvalue weighted by Crippen LogP contribution is -1.98. The Hall–Kier alpha value is -1.04. The van der Waals surface area contributed by atoms with E-state index in [9.17, 15) is 0 Å². The molecule has 0 spiro atoms. The minimum absolute atomic E-state index is 0.419. The normalized spacial score (nSPS) is 10.7. The van der Waals surface area contributed by atoms with Crippen LogP contribution in [0.25, 0.3) is 0 Å². The van der Waals surface area contributed by atoms with Crippen molar-refractivity contribution >= 4 is 23.4 Å². The third kappa shape index (κ3) is 2.37. The first-order valence-corrected chi connectivity index (χ1v) is 5.90. The second kappa shape index (κ2) is 4.86. The van der Waals surface area contributed by atoms with E-state index < -0.39 is 0 Å². The van der Waals surface area contributed by atoms with E-state index in [0.717, 1.165) is 15.5 Å². The van der Waals surface area contributed by atoms with E-state index in [1.54, 1.807) is 17.1 Å². The lowest BCUT2D eigenvalue weighted by atomic mass is 10.3. The standard InChI is InChI=1S/C10H11ClN4S/c1-15-6-8(5-14-15)16-10-9(11)7(4-12)2-3-13-10/h2-3,5-6H,4,12H2,1H3.